The van der Waals surface area contributed by atoms with E-state index in [1.807, 2.05) is 121 Å². The largest absolute Gasteiger partial charge is 0.469 e. The summed E-state index contributed by atoms with van der Waals surface area (Å²) < 4.78 is 194. The number of methoxy groups -OCH3 is 1. The second-order valence-corrected chi connectivity index (χ2v) is 39.0. The van der Waals surface area contributed by atoms with Gasteiger partial charge in [0.15, 0.2) is 5.78 Å². The molecule has 8 heterocycles. The lowest BCUT2D eigenvalue weighted by Gasteiger charge is -2.50. The van der Waals surface area contributed by atoms with E-state index in [9.17, 15) is 91.7 Å². The number of Topliss-reactive ketones (excluding diaryl/α,β-unsaturated/α-hetero) is 1. The third kappa shape index (κ3) is 25.6. The molecule has 8 aromatic carbocycles. The highest BCUT2D eigenvalue weighted by atomic mass is 35.5. The molecule has 3 aromatic heterocycles. The van der Waals surface area contributed by atoms with Crippen molar-refractivity contribution in [3.8, 4) is 0 Å². The van der Waals surface area contributed by atoms with Crippen molar-refractivity contribution in [2.45, 2.75) is 214 Å². The number of amides is 1. The third-order valence-electron chi connectivity index (χ3n) is 29.0. The molecule has 5 aliphatic rings. The number of aromatic nitrogens is 9. The van der Waals surface area contributed by atoms with Gasteiger partial charge in [0.05, 0.1) is 126 Å². The first kappa shape index (κ1) is 113. The lowest BCUT2D eigenvalue weighted by molar-refractivity contribution is -0.146. The van der Waals surface area contributed by atoms with Gasteiger partial charge in [-0.2, -0.15) is 68.0 Å². The van der Waals surface area contributed by atoms with E-state index in [1.54, 1.807) is 86.6 Å². The van der Waals surface area contributed by atoms with Crippen molar-refractivity contribution in [1.29, 1.82) is 0 Å². The maximum absolute atomic E-state index is 13.4. The van der Waals surface area contributed by atoms with Crippen molar-refractivity contribution >= 4 is 41.3 Å². The zero-order valence-corrected chi connectivity index (χ0v) is 84.0. The molecule has 794 valence electrons. The molecule has 4 saturated heterocycles. The summed E-state index contributed by atoms with van der Waals surface area (Å²) in [6.07, 6.45) is -10.9. The van der Waals surface area contributed by atoms with Crippen molar-refractivity contribution in [3.05, 3.63) is 334 Å². The quantitative estimate of drug-likeness (QED) is 0.00843. The van der Waals surface area contributed by atoms with Gasteiger partial charge in [0.1, 0.15) is 49.9 Å². The van der Waals surface area contributed by atoms with Gasteiger partial charge in [-0.25, -0.2) is 29.7 Å². The predicted molar refractivity (Wildman–Crippen MR) is 529 cm³/mol. The summed E-state index contributed by atoms with van der Waals surface area (Å²) in [7, 11) is 1.31. The molecule has 12 atom stereocenters. The number of aliphatic hydroxyl groups excluding tert-OH is 2. The summed E-state index contributed by atoms with van der Waals surface area (Å²) in [6.45, 7) is 15.7. The topological polar surface area (TPSA) is 366 Å². The van der Waals surface area contributed by atoms with Gasteiger partial charge < -0.3 is 55.2 Å². The SMILES string of the molecule is CC(=NCO)[C@]1(n2cn[nH]c2=O)CC[C@@](CO[C@H](C)c2cc(C)cc(C(F)(F)F)c2)(c2ccccc2)NC1.COC(=O)C[C@]1(N2C=NCC2=O)CC[C@@](CO[C@H](C)c2cc(C)cc(C(F)(F)F)c2)(c2ccccc2)NC1.Cc1cc([C@@H](C)OC[C@@]2(c3ccccc3)CC[C@](C(=O)CO)(n3cn[nH]c3=O)CN2)cc(C(F)(F)F)c1.Cc1cc([C@@H](C)OC[C@@]2(c3ccccc3)CC[C@](CCl)(n3cn[nH]c3=O)CN2)cc(C(F)(F)F)c1. The lowest BCUT2D eigenvalue weighted by Crippen LogP contribution is -2.65. The number of hydrogen-bond acceptors (Lipinski definition) is 22. The van der Waals surface area contributed by atoms with E-state index >= 15 is 0 Å². The number of aliphatic imine (C=N–C) groups is 2. The summed E-state index contributed by atoms with van der Waals surface area (Å²) in [5.74, 6) is -0.936. The highest BCUT2D eigenvalue weighted by molar-refractivity contribution is 6.18. The summed E-state index contributed by atoms with van der Waals surface area (Å²) in [5.41, 5.74) is -2.50. The Kier molecular flexibility index (Phi) is 35.6. The van der Waals surface area contributed by atoms with Gasteiger partial charge >= 0.3 is 47.7 Å². The van der Waals surface area contributed by atoms with Crippen LogP contribution in [0.15, 0.2) is 237 Å². The highest BCUT2D eigenvalue weighted by Gasteiger charge is 2.54. The van der Waals surface area contributed by atoms with Crippen LogP contribution in [0.1, 0.15) is 206 Å². The number of H-pyrrole nitrogens is 3. The molecule has 0 saturated carbocycles. The fourth-order valence-electron chi connectivity index (χ4n) is 20.1. The molecule has 1 amide bonds. The molecule has 11 aromatic rings. The summed E-state index contributed by atoms with van der Waals surface area (Å²) in [5, 5.41) is 51.8. The number of carbonyl (C=O) groups excluding carboxylic acids is 3. The number of benzene rings is 8. The fraction of sp³-hybridized carbons (Fsp3) is 0.443. The highest BCUT2D eigenvalue weighted by Crippen LogP contribution is 2.47. The smallest absolute Gasteiger partial charge is 0.416 e. The van der Waals surface area contributed by atoms with Crippen molar-refractivity contribution in [2.24, 2.45) is 9.98 Å². The third-order valence-corrected chi connectivity index (χ3v) is 29.5. The number of aliphatic hydroxyl groups is 2. The number of rotatable bonds is 31. The van der Waals surface area contributed by atoms with Gasteiger partial charge in [-0.05, 0) is 207 Å². The average molecular weight is 2090 g/mol. The Morgan fingerprint density at radius 1 is 0.426 bits per heavy atom. The summed E-state index contributed by atoms with van der Waals surface area (Å²) >= 11 is 6.35. The Bertz CT molecular complexity index is 6580. The van der Waals surface area contributed by atoms with E-state index in [4.69, 9.17) is 35.3 Å². The number of piperidine rings is 4. The van der Waals surface area contributed by atoms with Crippen molar-refractivity contribution in [2.75, 3.05) is 85.5 Å². The van der Waals surface area contributed by atoms with Crippen LogP contribution in [0.2, 0.25) is 0 Å². The average Bonchev–Trinajstić information content (AvgIpc) is 1.32. The maximum Gasteiger partial charge on any atom is 0.416 e. The first-order valence-corrected chi connectivity index (χ1v) is 48.6. The molecule has 0 radical (unpaired) electrons. The van der Waals surface area contributed by atoms with Gasteiger partial charge in [-0.1, -0.05) is 168 Å². The van der Waals surface area contributed by atoms with Crippen molar-refractivity contribution in [3.63, 3.8) is 0 Å². The van der Waals surface area contributed by atoms with E-state index in [1.165, 1.54) is 51.0 Å². The van der Waals surface area contributed by atoms with Gasteiger partial charge in [0.2, 0.25) is 5.91 Å². The molecule has 0 spiro atoms. The first-order chi connectivity index (χ1) is 70.1. The van der Waals surface area contributed by atoms with Gasteiger partial charge in [-0.3, -0.25) is 43.0 Å². The number of alkyl halides is 13. The molecule has 9 N–H and O–H groups in total. The van der Waals surface area contributed by atoms with E-state index in [-0.39, 0.29) is 82.9 Å². The van der Waals surface area contributed by atoms with Crippen LogP contribution >= 0.6 is 11.6 Å². The van der Waals surface area contributed by atoms with Gasteiger partial charge in [0, 0.05) is 37.8 Å². The lowest BCUT2D eigenvalue weighted by atomic mass is 9.74. The minimum atomic E-state index is -4.47. The van der Waals surface area contributed by atoms with Crippen LogP contribution in [0.4, 0.5) is 52.7 Å². The second kappa shape index (κ2) is 46.8. The Morgan fingerprint density at radius 3 is 0.986 bits per heavy atom. The number of ether oxygens (including phenoxy) is 5. The van der Waals surface area contributed by atoms with Gasteiger partial charge in [-0.15, -0.1) is 11.6 Å². The molecule has 0 bridgehead atoms. The number of ketones is 1. The van der Waals surface area contributed by atoms with Gasteiger partial charge in [0.25, 0.3) is 0 Å². The van der Waals surface area contributed by atoms with Crippen molar-refractivity contribution < 1.29 is 101 Å². The Hall–Kier alpha value is -12.4. The number of aromatic amines is 3. The monoisotopic (exact) mass is 2090 g/mol. The van der Waals surface area contributed by atoms with Crippen LogP contribution in [0.5, 0.6) is 0 Å². The minimum Gasteiger partial charge on any atom is -0.469 e. The molecular weight excluding hydrogens is 1970 g/mol. The van der Waals surface area contributed by atoms with E-state index in [0.717, 1.165) is 70.8 Å². The molecular formula is C106H121ClF12N16O13. The Balaban J connectivity index is 0.000000165. The molecule has 4 fully saturated rings. The zero-order chi connectivity index (χ0) is 107. The number of carbonyl (C=O) groups is 3. The Labute approximate surface area is 851 Å². The molecule has 148 heavy (non-hydrogen) atoms. The molecule has 5 aliphatic heterocycles. The van der Waals surface area contributed by atoms with Crippen LogP contribution in [0.3, 0.4) is 0 Å². The predicted octanol–water partition coefficient (Wildman–Crippen LogP) is 16.7. The van der Waals surface area contributed by atoms with Crippen LogP contribution < -0.4 is 38.3 Å². The van der Waals surface area contributed by atoms with Crippen molar-refractivity contribution in [1.82, 2.24) is 70.5 Å². The molecule has 42 heteroatoms. The van der Waals surface area contributed by atoms with Crippen LogP contribution in [0, 0.1) is 27.7 Å². The normalized spacial score (nSPS) is 23.7. The molecule has 16 rings (SSSR count). The van der Waals surface area contributed by atoms with Crippen LogP contribution in [-0.2, 0) is 102 Å². The maximum atomic E-state index is 13.4. The van der Waals surface area contributed by atoms with Crippen LogP contribution in [-0.4, -0.2) is 180 Å². The number of hydrogen-bond donors (Lipinski definition) is 9. The van der Waals surface area contributed by atoms with Crippen LogP contribution in [0.25, 0.3) is 0 Å². The summed E-state index contributed by atoms with van der Waals surface area (Å²) in [6, 6.07) is 54.2. The number of esters is 1. The number of halogens is 13. The van der Waals surface area contributed by atoms with E-state index in [2.05, 4.69) is 61.8 Å². The zero-order valence-electron chi connectivity index (χ0n) is 83.3. The van der Waals surface area contributed by atoms with E-state index < -0.39 is 152 Å². The number of nitrogens with one attached hydrogen (secondary N) is 7. The molecule has 0 unspecified atom stereocenters. The fourth-order valence-corrected chi connectivity index (χ4v) is 20.5. The standard InChI is InChI=1S/C28H32F3N3O4.C27H32F3N5O3.C26H29F3N4O4.C25H28ClF3N4O2/c1-19-11-21(13-23(12-19)28(29,30)31)20(2)38-17-27(22-7-5-4-6-8-22)10-9-26(16-33-27,14-25(36)37-3)34-18-32-15-24(34)35;1-18-11-21(13-23(12-18)27(28,29)30)19(2)38-15-25(22-7-5-4-6-8-22)9-10-26(14-32-25,20(3)31-17-36)35-16-33-34-24(35)37;1-17-10-19(12-21(11-17)26(27,28)29)18(2)37-15-24(20-6-4-3-5-7-20)8-9-25(14-30-24,22(35)13-34)33-16-31-32-23(33)36;1-17-10-19(12-21(11-17)25(27,28)29)18(2)35-15-24(20-6-4-3-5-7-20)9-8-23(13-26,14-30-24)33-16-31-32-22(33)34/h4-8,11-13,18,20,33H,9-10,14-17H2,1-3H3;4-8,11-13,16,19,32,36H,9-10,14-15,17H2,1-3H3,(H,34,37);3-7,10-12,16,18,30,34H,8-9,13-15H2,1-2H3,(H,32,36);3-7,10-12,16,18,30H,8-9,13-15H2,1-2H3,(H,32,34)/t20-,26-,27-;19-,25-,26+;18-,24-,25+;18-,23-,24-/m1111/s1. The minimum absolute atomic E-state index is 0.0000982. The second-order valence-electron chi connectivity index (χ2n) is 38.7. The number of aryl methyl sites for hydroxylation is 4. The molecule has 0 aliphatic carbocycles. The van der Waals surface area contributed by atoms with E-state index in [0.29, 0.717) is 102 Å². The Morgan fingerprint density at radius 2 is 0.730 bits per heavy atom. The number of nitrogens with zero attached hydrogens (tertiary/aromatic N) is 9. The molecule has 29 nitrogen and oxygen atoms in total. The first-order valence-electron chi connectivity index (χ1n) is 48.1. The summed E-state index contributed by atoms with van der Waals surface area (Å²) in [4.78, 5) is 84.8.